The smallest absolute Gasteiger partial charge is 0.409 e. The molecule has 0 unspecified atom stereocenters. The molecule has 1 saturated heterocycles. The maximum absolute atomic E-state index is 12.3. The van der Waals surface area contributed by atoms with Crippen molar-refractivity contribution >= 4 is 6.09 Å². The van der Waals surface area contributed by atoms with Crippen molar-refractivity contribution in [2.24, 2.45) is 5.41 Å². The zero-order chi connectivity index (χ0) is 17.4. The maximum atomic E-state index is 12.3. The molecule has 1 heterocycles. The highest BCUT2D eigenvalue weighted by Crippen LogP contribution is 2.44. The molecule has 4 nitrogen and oxygen atoms in total. The van der Waals surface area contributed by atoms with Gasteiger partial charge in [0.15, 0.2) is 0 Å². The van der Waals surface area contributed by atoms with E-state index < -0.39 is 0 Å². The van der Waals surface area contributed by atoms with Crippen LogP contribution in [0.5, 0.6) is 0 Å². The van der Waals surface area contributed by atoms with E-state index in [0.717, 1.165) is 6.42 Å². The molecule has 2 aliphatic rings. The number of aliphatic hydroxyl groups is 1. The van der Waals surface area contributed by atoms with Crippen LogP contribution in [0.1, 0.15) is 30.4 Å². The first kappa shape index (κ1) is 16.2. The summed E-state index contributed by atoms with van der Waals surface area (Å²) in [5.74, 6) is 0.0986. The van der Waals surface area contributed by atoms with Gasteiger partial charge in [0.1, 0.15) is 6.61 Å². The largest absolute Gasteiger partial charge is 0.448 e. The first-order valence-corrected chi connectivity index (χ1v) is 8.82. The molecule has 2 aromatic carbocycles. The second-order valence-electron chi connectivity index (χ2n) is 7.44. The van der Waals surface area contributed by atoms with Gasteiger partial charge in [-0.05, 0) is 28.7 Å². The highest BCUT2D eigenvalue weighted by Gasteiger charge is 2.41. The summed E-state index contributed by atoms with van der Waals surface area (Å²) < 4.78 is 5.64. The Morgan fingerprint density at radius 3 is 2.24 bits per heavy atom. The number of carbonyl (C=O) groups is 1. The summed E-state index contributed by atoms with van der Waals surface area (Å²) in [5, 5.41) is 9.09. The van der Waals surface area contributed by atoms with E-state index in [1.165, 1.54) is 22.3 Å². The van der Waals surface area contributed by atoms with Crippen LogP contribution in [0.2, 0.25) is 0 Å². The van der Waals surface area contributed by atoms with Crippen LogP contribution in [0.25, 0.3) is 11.1 Å². The molecule has 0 saturated carbocycles. The van der Waals surface area contributed by atoms with Crippen LogP contribution in [0, 0.1) is 5.41 Å². The number of rotatable bonds is 4. The van der Waals surface area contributed by atoms with Gasteiger partial charge in [-0.3, -0.25) is 0 Å². The molecule has 0 spiro atoms. The predicted molar refractivity (Wildman–Crippen MR) is 96.5 cm³/mol. The topological polar surface area (TPSA) is 49.8 Å². The Morgan fingerprint density at radius 1 is 1.12 bits per heavy atom. The quantitative estimate of drug-likeness (QED) is 0.927. The highest BCUT2D eigenvalue weighted by molar-refractivity contribution is 5.79. The monoisotopic (exact) mass is 337 g/mol. The van der Waals surface area contributed by atoms with Crippen LogP contribution in [0.15, 0.2) is 48.5 Å². The summed E-state index contributed by atoms with van der Waals surface area (Å²) in [7, 11) is 0. The van der Waals surface area contributed by atoms with E-state index in [2.05, 4.69) is 31.2 Å². The maximum Gasteiger partial charge on any atom is 0.409 e. The van der Waals surface area contributed by atoms with Crippen molar-refractivity contribution in [2.75, 3.05) is 26.3 Å². The number of fused-ring (bicyclic) bond motifs is 3. The van der Waals surface area contributed by atoms with E-state index in [1.807, 2.05) is 24.3 Å². The molecule has 25 heavy (non-hydrogen) atoms. The minimum absolute atomic E-state index is 0.0281. The number of aliphatic hydroxyl groups excluding tert-OH is 1. The number of likely N-dealkylation sites (tertiary alicyclic amines) is 1. The molecule has 1 amide bonds. The fourth-order valence-electron chi connectivity index (χ4n) is 4.12. The van der Waals surface area contributed by atoms with Crippen molar-refractivity contribution in [3.05, 3.63) is 59.7 Å². The number of hydrogen-bond donors (Lipinski definition) is 1. The third kappa shape index (κ3) is 2.81. The second kappa shape index (κ2) is 6.19. The fraction of sp³-hybridized carbons (Fsp3) is 0.381. The van der Waals surface area contributed by atoms with E-state index in [4.69, 9.17) is 9.84 Å². The molecule has 2 aromatic rings. The number of benzene rings is 2. The average molecular weight is 337 g/mol. The number of carbonyl (C=O) groups excluding carboxylic acids is 1. The van der Waals surface area contributed by atoms with Crippen molar-refractivity contribution in [1.82, 2.24) is 4.90 Å². The van der Waals surface area contributed by atoms with Gasteiger partial charge in [0.05, 0.1) is 0 Å². The van der Waals surface area contributed by atoms with Gasteiger partial charge < -0.3 is 14.7 Å². The van der Waals surface area contributed by atoms with E-state index in [9.17, 15) is 4.79 Å². The number of hydrogen-bond acceptors (Lipinski definition) is 3. The highest BCUT2D eigenvalue weighted by atomic mass is 16.6. The zero-order valence-corrected chi connectivity index (χ0v) is 14.4. The van der Waals surface area contributed by atoms with Gasteiger partial charge in [-0.1, -0.05) is 55.5 Å². The third-order valence-electron chi connectivity index (χ3n) is 5.45. The van der Waals surface area contributed by atoms with Gasteiger partial charge in [-0.2, -0.15) is 0 Å². The number of nitrogens with zero attached hydrogens (tertiary/aromatic N) is 1. The Kier molecular flexibility index (Phi) is 4.00. The summed E-state index contributed by atoms with van der Waals surface area (Å²) in [5.41, 5.74) is 4.95. The van der Waals surface area contributed by atoms with Gasteiger partial charge in [-0.25, -0.2) is 4.79 Å². The minimum atomic E-state index is -0.253. The van der Waals surface area contributed by atoms with Gasteiger partial charge in [-0.15, -0.1) is 0 Å². The second-order valence-corrected chi connectivity index (χ2v) is 7.44. The minimum Gasteiger partial charge on any atom is -0.448 e. The SMILES string of the molecule is CC1(CCO)CN(C(=O)OCC2c3ccccc3-c3ccccc32)C1. The number of ether oxygens (including phenoxy) is 1. The van der Waals surface area contributed by atoms with E-state index in [0.29, 0.717) is 19.7 Å². The fourth-order valence-corrected chi connectivity index (χ4v) is 4.12. The van der Waals surface area contributed by atoms with Crippen molar-refractivity contribution < 1.29 is 14.6 Å². The first-order valence-electron chi connectivity index (χ1n) is 8.82. The molecule has 130 valence electrons. The summed E-state index contributed by atoms with van der Waals surface area (Å²) in [6.45, 7) is 3.93. The van der Waals surface area contributed by atoms with Crippen molar-refractivity contribution in [2.45, 2.75) is 19.3 Å². The zero-order valence-electron chi connectivity index (χ0n) is 14.4. The lowest BCUT2D eigenvalue weighted by Crippen LogP contribution is -2.57. The van der Waals surface area contributed by atoms with Crippen LogP contribution >= 0.6 is 0 Å². The lowest BCUT2D eigenvalue weighted by Gasteiger charge is -2.47. The molecule has 1 fully saturated rings. The molecular weight excluding hydrogens is 314 g/mol. The van der Waals surface area contributed by atoms with E-state index >= 15 is 0 Å². The summed E-state index contributed by atoms with van der Waals surface area (Å²) in [4.78, 5) is 14.1. The first-order chi connectivity index (χ1) is 12.1. The van der Waals surface area contributed by atoms with Crippen LogP contribution < -0.4 is 0 Å². The van der Waals surface area contributed by atoms with Crippen LogP contribution in [-0.4, -0.2) is 42.4 Å². The van der Waals surface area contributed by atoms with Gasteiger partial charge in [0.25, 0.3) is 0 Å². The summed E-state index contributed by atoms with van der Waals surface area (Å²) in [6.07, 6.45) is 0.470. The molecular formula is C21H23NO3. The molecule has 0 radical (unpaired) electrons. The lowest BCUT2D eigenvalue weighted by molar-refractivity contribution is -0.00662. The standard InChI is InChI=1S/C21H23NO3/c1-21(10-11-23)13-22(14-21)20(24)25-12-19-17-8-4-2-6-15(17)16-7-3-5-9-18(16)19/h2-9,19,23H,10-14H2,1H3. The van der Waals surface area contributed by atoms with Gasteiger partial charge >= 0.3 is 6.09 Å². The van der Waals surface area contributed by atoms with Crippen LogP contribution in [0.3, 0.4) is 0 Å². The summed E-state index contributed by atoms with van der Waals surface area (Å²) in [6, 6.07) is 16.7. The average Bonchev–Trinajstić information content (AvgIpc) is 2.92. The molecule has 0 bridgehead atoms. The molecule has 0 aromatic heterocycles. The van der Waals surface area contributed by atoms with E-state index in [1.54, 1.807) is 4.90 Å². The van der Waals surface area contributed by atoms with Gasteiger partial charge in [0, 0.05) is 31.0 Å². The Labute approximate surface area is 148 Å². The Hall–Kier alpha value is -2.33. The molecule has 1 aliphatic heterocycles. The summed E-state index contributed by atoms with van der Waals surface area (Å²) >= 11 is 0. The van der Waals surface area contributed by atoms with E-state index in [-0.39, 0.29) is 24.0 Å². The molecule has 1 aliphatic carbocycles. The van der Waals surface area contributed by atoms with Gasteiger partial charge in [0.2, 0.25) is 0 Å². The normalized spacial score (nSPS) is 17.6. The molecule has 0 atom stereocenters. The van der Waals surface area contributed by atoms with Crippen molar-refractivity contribution in [3.8, 4) is 11.1 Å². The number of amides is 1. The molecule has 4 heteroatoms. The third-order valence-corrected chi connectivity index (χ3v) is 5.45. The predicted octanol–water partition coefficient (Wildman–Crippen LogP) is 3.64. The molecule has 1 N–H and O–H groups in total. The van der Waals surface area contributed by atoms with Crippen LogP contribution in [0.4, 0.5) is 4.79 Å². The lowest BCUT2D eigenvalue weighted by atomic mass is 9.79. The van der Waals surface area contributed by atoms with Crippen molar-refractivity contribution in [1.29, 1.82) is 0 Å². The Balaban J connectivity index is 1.45. The molecule has 4 rings (SSSR count). The Morgan fingerprint density at radius 2 is 1.68 bits per heavy atom. The Bertz CT molecular complexity index is 750. The van der Waals surface area contributed by atoms with Crippen molar-refractivity contribution in [3.63, 3.8) is 0 Å². The van der Waals surface area contributed by atoms with Crippen LogP contribution in [-0.2, 0) is 4.74 Å².